The second-order valence-electron chi connectivity index (χ2n) is 4.32. The van der Waals surface area contributed by atoms with Gasteiger partial charge < -0.3 is 10.6 Å². The van der Waals surface area contributed by atoms with Crippen LogP contribution in [0.15, 0.2) is 0 Å². The number of imide groups is 1. The Morgan fingerprint density at radius 2 is 1.78 bits per heavy atom. The summed E-state index contributed by atoms with van der Waals surface area (Å²) in [5, 5.41) is 8.28. The standard InChI is InChI=1S/C10H18N4O2.2ClH/c15-9(7-14-5-3-11-4-6-14)13-10(16)12-8-1-2-8;;/h8,11H,1-7H2,(H2,12,13,15,16);2*1H. The summed E-state index contributed by atoms with van der Waals surface area (Å²) in [7, 11) is 0. The van der Waals surface area contributed by atoms with Crippen LogP contribution in [-0.4, -0.2) is 55.6 Å². The highest BCUT2D eigenvalue weighted by atomic mass is 35.5. The Morgan fingerprint density at radius 1 is 1.17 bits per heavy atom. The fraction of sp³-hybridized carbons (Fsp3) is 0.800. The molecule has 2 aliphatic rings. The number of nitrogens with zero attached hydrogens (tertiary/aromatic N) is 1. The third-order valence-corrected chi connectivity index (χ3v) is 2.74. The van der Waals surface area contributed by atoms with Crippen molar-refractivity contribution in [2.24, 2.45) is 0 Å². The van der Waals surface area contributed by atoms with Gasteiger partial charge in [-0.25, -0.2) is 4.79 Å². The van der Waals surface area contributed by atoms with Crippen molar-refractivity contribution in [1.29, 1.82) is 0 Å². The maximum Gasteiger partial charge on any atom is 0.321 e. The van der Waals surface area contributed by atoms with Crippen molar-refractivity contribution in [1.82, 2.24) is 20.9 Å². The topological polar surface area (TPSA) is 73.5 Å². The minimum Gasteiger partial charge on any atom is -0.335 e. The Morgan fingerprint density at radius 3 is 2.33 bits per heavy atom. The molecule has 0 bridgehead atoms. The molecule has 1 saturated carbocycles. The number of carbonyl (C=O) groups excluding carboxylic acids is 2. The van der Waals surface area contributed by atoms with Crippen LogP contribution in [0, 0.1) is 0 Å². The number of amides is 3. The molecule has 3 N–H and O–H groups in total. The minimum absolute atomic E-state index is 0. The van der Waals surface area contributed by atoms with Gasteiger partial charge in [0.2, 0.25) is 5.91 Å². The van der Waals surface area contributed by atoms with E-state index < -0.39 is 0 Å². The van der Waals surface area contributed by atoms with Gasteiger partial charge in [-0.15, -0.1) is 24.8 Å². The van der Waals surface area contributed by atoms with Crippen LogP contribution in [0.25, 0.3) is 0 Å². The molecule has 0 unspecified atom stereocenters. The zero-order valence-corrected chi connectivity index (χ0v) is 11.7. The zero-order valence-electron chi connectivity index (χ0n) is 10.1. The molecule has 1 aliphatic heterocycles. The van der Waals surface area contributed by atoms with Gasteiger partial charge in [-0.3, -0.25) is 15.0 Å². The van der Waals surface area contributed by atoms with E-state index in [0.717, 1.165) is 39.0 Å². The number of rotatable bonds is 3. The van der Waals surface area contributed by atoms with Crippen molar-refractivity contribution < 1.29 is 9.59 Å². The van der Waals surface area contributed by atoms with Crippen molar-refractivity contribution in [3.05, 3.63) is 0 Å². The fourth-order valence-corrected chi connectivity index (χ4v) is 1.69. The van der Waals surface area contributed by atoms with E-state index in [1.54, 1.807) is 0 Å². The number of hydrogen-bond donors (Lipinski definition) is 3. The Labute approximate surface area is 119 Å². The Kier molecular flexibility index (Phi) is 8.26. The summed E-state index contributed by atoms with van der Waals surface area (Å²) in [4.78, 5) is 24.8. The number of urea groups is 1. The predicted octanol–water partition coefficient (Wildman–Crippen LogP) is -0.277. The predicted molar refractivity (Wildman–Crippen MR) is 73.5 cm³/mol. The van der Waals surface area contributed by atoms with Crippen molar-refractivity contribution in [3.63, 3.8) is 0 Å². The van der Waals surface area contributed by atoms with Crippen LogP contribution in [-0.2, 0) is 4.79 Å². The molecule has 2 fully saturated rings. The molecule has 0 aromatic rings. The third kappa shape index (κ3) is 6.39. The van der Waals surface area contributed by atoms with Crippen molar-refractivity contribution in [2.75, 3.05) is 32.7 Å². The average Bonchev–Trinajstić information content (AvgIpc) is 3.02. The van der Waals surface area contributed by atoms with Crippen LogP contribution in [0.5, 0.6) is 0 Å². The van der Waals surface area contributed by atoms with Crippen LogP contribution < -0.4 is 16.0 Å². The second kappa shape index (κ2) is 8.53. The largest absolute Gasteiger partial charge is 0.335 e. The van der Waals surface area contributed by atoms with Gasteiger partial charge in [0.15, 0.2) is 0 Å². The lowest BCUT2D eigenvalue weighted by Crippen LogP contribution is -2.50. The van der Waals surface area contributed by atoms with E-state index in [-0.39, 0.29) is 42.8 Å². The van der Waals surface area contributed by atoms with E-state index in [4.69, 9.17) is 0 Å². The first-order valence-corrected chi connectivity index (χ1v) is 5.77. The number of piperazine rings is 1. The van der Waals surface area contributed by atoms with Gasteiger partial charge in [-0.05, 0) is 12.8 Å². The molecule has 0 aromatic carbocycles. The van der Waals surface area contributed by atoms with Crippen LogP contribution in [0.2, 0.25) is 0 Å². The first-order valence-electron chi connectivity index (χ1n) is 5.77. The second-order valence-corrected chi connectivity index (χ2v) is 4.32. The van der Waals surface area contributed by atoms with Gasteiger partial charge in [-0.2, -0.15) is 0 Å². The molecule has 1 saturated heterocycles. The van der Waals surface area contributed by atoms with Crippen molar-refractivity contribution in [2.45, 2.75) is 18.9 Å². The lowest BCUT2D eigenvalue weighted by molar-refractivity contribution is -0.121. The lowest BCUT2D eigenvalue weighted by atomic mass is 10.3. The monoisotopic (exact) mass is 298 g/mol. The molecule has 0 aromatic heterocycles. The van der Waals surface area contributed by atoms with Gasteiger partial charge in [0.1, 0.15) is 0 Å². The maximum atomic E-state index is 11.5. The summed E-state index contributed by atoms with van der Waals surface area (Å²) < 4.78 is 0. The highest BCUT2D eigenvalue weighted by Crippen LogP contribution is 2.18. The summed E-state index contributed by atoms with van der Waals surface area (Å²) in [6, 6.07) is -0.0744. The summed E-state index contributed by atoms with van der Waals surface area (Å²) in [6.07, 6.45) is 2.05. The molecule has 0 radical (unpaired) electrons. The van der Waals surface area contributed by atoms with Crippen LogP contribution >= 0.6 is 24.8 Å². The number of nitrogens with one attached hydrogen (secondary N) is 3. The molecule has 3 amide bonds. The SMILES string of the molecule is Cl.Cl.O=C(CN1CCNCC1)NC(=O)NC1CC1. The number of halogens is 2. The van der Waals surface area contributed by atoms with E-state index in [1.165, 1.54) is 0 Å². The fourth-order valence-electron chi connectivity index (χ4n) is 1.69. The summed E-state index contributed by atoms with van der Waals surface area (Å²) in [5.41, 5.74) is 0. The molecule has 1 aliphatic carbocycles. The molecule has 6 nitrogen and oxygen atoms in total. The Bertz CT molecular complexity index is 281. The third-order valence-electron chi connectivity index (χ3n) is 2.74. The van der Waals surface area contributed by atoms with Gasteiger partial charge in [0.25, 0.3) is 0 Å². The van der Waals surface area contributed by atoms with E-state index in [0.29, 0.717) is 6.54 Å². The van der Waals surface area contributed by atoms with Gasteiger partial charge >= 0.3 is 6.03 Å². The summed E-state index contributed by atoms with van der Waals surface area (Å²) in [5.74, 6) is -0.222. The van der Waals surface area contributed by atoms with Crippen LogP contribution in [0.3, 0.4) is 0 Å². The van der Waals surface area contributed by atoms with Crippen LogP contribution in [0.1, 0.15) is 12.8 Å². The summed E-state index contributed by atoms with van der Waals surface area (Å²) in [6.45, 7) is 3.83. The quantitative estimate of drug-likeness (QED) is 0.670. The highest BCUT2D eigenvalue weighted by Gasteiger charge is 2.24. The first kappa shape index (κ1) is 17.4. The molecule has 2 rings (SSSR count). The van der Waals surface area contributed by atoms with Crippen molar-refractivity contribution in [3.8, 4) is 0 Å². The zero-order chi connectivity index (χ0) is 11.4. The molecule has 8 heteroatoms. The number of hydrogen-bond acceptors (Lipinski definition) is 4. The maximum absolute atomic E-state index is 11.5. The Hall–Kier alpha value is -0.560. The molecular weight excluding hydrogens is 279 g/mol. The van der Waals surface area contributed by atoms with E-state index in [9.17, 15) is 9.59 Å². The van der Waals surface area contributed by atoms with E-state index >= 15 is 0 Å². The van der Waals surface area contributed by atoms with Crippen molar-refractivity contribution >= 4 is 36.8 Å². The Balaban J connectivity index is 0.00000144. The van der Waals surface area contributed by atoms with Crippen LogP contribution in [0.4, 0.5) is 4.79 Å². The lowest BCUT2D eigenvalue weighted by Gasteiger charge is -2.26. The number of carbonyl (C=O) groups is 2. The molecule has 1 heterocycles. The first-order chi connectivity index (χ1) is 7.74. The summed E-state index contributed by atoms with van der Waals surface area (Å²) >= 11 is 0. The normalized spacial score (nSPS) is 19.1. The average molecular weight is 299 g/mol. The van der Waals surface area contributed by atoms with Gasteiger partial charge in [0, 0.05) is 32.2 Å². The molecule has 0 atom stereocenters. The molecule has 0 spiro atoms. The van der Waals surface area contributed by atoms with Gasteiger partial charge in [-0.1, -0.05) is 0 Å². The molecule has 106 valence electrons. The van der Waals surface area contributed by atoms with E-state index in [1.807, 2.05) is 4.90 Å². The van der Waals surface area contributed by atoms with Gasteiger partial charge in [0.05, 0.1) is 6.54 Å². The smallest absolute Gasteiger partial charge is 0.321 e. The van der Waals surface area contributed by atoms with E-state index in [2.05, 4.69) is 16.0 Å². The minimum atomic E-state index is -0.359. The molecule has 18 heavy (non-hydrogen) atoms. The molecular formula is C10H20Cl2N4O2. The highest BCUT2D eigenvalue weighted by molar-refractivity contribution is 5.95.